The fourth-order valence-electron chi connectivity index (χ4n) is 2.15. The van der Waals surface area contributed by atoms with Gasteiger partial charge in [-0.05, 0) is 38.9 Å². The summed E-state index contributed by atoms with van der Waals surface area (Å²) in [6.07, 6.45) is 5.52. The Labute approximate surface area is 114 Å². The van der Waals surface area contributed by atoms with Crippen molar-refractivity contribution in [1.29, 1.82) is 0 Å². The third-order valence-electron chi connectivity index (χ3n) is 3.27. The molecule has 0 aromatic carbocycles. The second kappa shape index (κ2) is 5.89. The molecule has 0 saturated heterocycles. The number of aromatic nitrogens is 3. The largest absolute Gasteiger partial charge is 0.310 e. The molecule has 100 valence electrons. The molecule has 0 spiro atoms. The standard InChI is InChI=1S/C15H20N4/c1-5-17-11(3)14-9-18-15(19-12(14)4)13-8-16-7-6-10(13)2/h6-9,11,17H,5H2,1-4H3. The van der Waals surface area contributed by atoms with Crippen molar-refractivity contribution in [3.05, 3.63) is 41.5 Å². The van der Waals surface area contributed by atoms with Gasteiger partial charge in [-0.15, -0.1) is 0 Å². The minimum atomic E-state index is 0.272. The molecule has 4 heteroatoms. The third kappa shape index (κ3) is 2.96. The zero-order chi connectivity index (χ0) is 13.8. The molecule has 2 aromatic heterocycles. The predicted molar refractivity (Wildman–Crippen MR) is 76.8 cm³/mol. The Morgan fingerprint density at radius 3 is 2.68 bits per heavy atom. The Morgan fingerprint density at radius 2 is 2.05 bits per heavy atom. The molecule has 2 aromatic rings. The number of rotatable bonds is 4. The fourth-order valence-corrected chi connectivity index (χ4v) is 2.15. The van der Waals surface area contributed by atoms with Crippen molar-refractivity contribution in [3.63, 3.8) is 0 Å². The highest BCUT2D eigenvalue weighted by molar-refractivity contribution is 5.58. The normalized spacial score (nSPS) is 12.4. The highest BCUT2D eigenvalue weighted by Crippen LogP contribution is 2.21. The average Bonchev–Trinajstić information content (AvgIpc) is 2.39. The van der Waals surface area contributed by atoms with E-state index in [4.69, 9.17) is 0 Å². The summed E-state index contributed by atoms with van der Waals surface area (Å²) in [6.45, 7) is 9.24. The van der Waals surface area contributed by atoms with Gasteiger partial charge in [-0.25, -0.2) is 9.97 Å². The maximum atomic E-state index is 4.62. The molecular weight excluding hydrogens is 236 g/mol. The summed E-state index contributed by atoms with van der Waals surface area (Å²) < 4.78 is 0. The van der Waals surface area contributed by atoms with Crippen molar-refractivity contribution < 1.29 is 0 Å². The Balaban J connectivity index is 2.37. The van der Waals surface area contributed by atoms with Crippen LogP contribution in [0.15, 0.2) is 24.7 Å². The molecule has 0 aliphatic rings. The number of hydrogen-bond donors (Lipinski definition) is 1. The van der Waals surface area contributed by atoms with Crippen LogP contribution in [0, 0.1) is 13.8 Å². The van der Waals surface area contributed by atoms with E-state index in [0.29, 0.717) is 0 Å². The summed E-state index contributed by atoms with van der Waals surface area (Å²) in [4.78, 5) is 13.2. The summed E-state index contributed by atoms with van der Waals surface area (Å²) in [5, 5.41) is 3.38. The Bertz CT molecular complexity index is 566. The smallest absolute Gasteiger partial charge is 0.161 e. The summed E-state index contributed by atoms with van der Waals surface area (Å²) in [5.74, 6) is 0.746. The highest BCUT2D eigenvalue weighted by atomic mass is 14.9. The zero-order valence-electron chi connectivity index (χ0n) is 11.9. The van der Waals surface area contributed by atoms with Crippen LogP contribution in [-0.2, 0) is 0 Å². The molecule has 0 saturated carbocycles. The van der Waals surface area contributed by atoms with Crippen LogP contribution in [-0.4, -0.2) is 21.5 Å². The number of hydrogen-bond acceptors (Lipinski definition) is 4. The van der Waals surface area contributed by atoms with Gasteiger partial charge < -0.3 is 5.32 Å². The van der Waals surface area contributed by atoms with E-state index in [1.165, 1.54) is 0 Å². The molecule has 4 nitrogen and oxygen atoms in total. The van der Waals surface area contributed by atoms with Crippen LogP contribution in [0.4, 0.5) is 0 Å². The topological polar surface area (TPSA) is 50.7 Å². The fraction of sp³-hybridized carbons (Fsp3) is 0.400. The van der Waals surface area contributed by atoms with Gasteiger partial charge in [-0.2, -0.15) is 0 Å². The van der Waals surface area contributed by atoms with Crippen LogP contribution in [0.25, 0.3) is 11.4 Å². The van der Waals surface area contributed by atoms with Crippen LogP contribution >= 0.6 is 0 Å². The molecule has 0 aliphatic carbocycles. The number of pyridine rings is 1. The van der Waals surface area contributed by atoms with E-state index in [1.807, 2.05) is 32.3 Å². The Morgan fingerprint density at radius 1 is 1.26 bits per heavy atom. The van der Waals surface area contributed by atoms with Crippen molar-refractivity contribution in [2.45, 2.75) is 33.7 Å². The monoisotopic (exact) mass is 256 g/mol. The van der Waals surface area contributed by atoms with Crippen molar-refractivity contribution in [2.24, 2.45) is 0 Å². The Hall–Kier alpha value is -1.81. The van der Waals surface area contributed by atoms with Crippen LogP contribution in [0.5, 0.6) is 0 Å². The van der Waals surface area contributed by atoms with Crippen molar-refractivity contribution in [1.82, 2.24) is 20.3 Å². The van der Waals surface area contributed by atoms with Gasteiger partial charge in [0.15, 0.2) is 5.82 Å². The van der Waals surface area contributed by atoms with E-state index in [1.54, 1.807) is 6.20 Å². The van der Waals surface area contributed by atoms with Gasteiger partial charge in [-0.1, -0.05) is 6.92 Å². The SMILES string of the molecule is CCNC(C)c1cnc(-c2cnccc2C)nc1C. The maximum Gasteiger partial charge on any atom is 0.161 e. The van der Waals surface area contributed by atoms with Crippen molar-refractivity contribution in [2.75, 3.05) is 6.54 Å². The quantitative estimate of drug-likeness (QED) is 0.914. The van der Waals surface area contributed by atoms with Crippen LogP contribution in [0.1, 0.15) is 36.7 Å². The lowest BCUT2D eigenvalue weighted by atomic mass is 10.1. The summed E-state index contributed by atoms with van der Waals surface area (Å²) >= 11 is 0. The van der Waals surface area contributed by atoms with Gasteiger partial charge >= 0.3 is 0 Å². The highest BCUT2D eigenvalue weighted by Gasteiger charge is 2.11. The number of nitrogens with zero attached hydrogens (tertiary/aromatic N) is 3. The van der Waals surface area contributed by atoms with Gasteiger partial charge in [0.2, 0.25) is 0 Å². The minimum absolute atomic E-state index is 0.272. The molecular formula is C15H20N4. The Kier molecular flexibility index (Phi) is 4.22. The average molecular weight is 256 g/mol. The molecule has 0 amide bonds. The first kappa shape index (κ1) is 13.6. The van der Waals surface area contributed by atoms with E-state index in [9.17, 15) is 0 Å². The van der Waals surface area contributed by atoms with E-state index in [0.717, 1.165) is 34.8 Å². The molecule has 1 atom stereocenters. The van der Waals surface area contributed by atoms with Gasteiger partial charge in [0.05, 0.1) is 0 Å². The summed E-state index contributed by atoms with van der Waals surface area (Å²) in [5.41, 5.74) is 4.30. The van der Waals surface area contributed by atoms with Gasteiger partial charge in [0.1, 0.15) is 0 Å². The first-order valence-electron chi connectivity index (χ1n) is 6.61. The van der Waals surface area contributed by atoms with Crippen LogP contribution in [0.2, 0.25) is 0 Å². The minimum Gasteiger partial charge on any atom is -0.310 e. The molecule has 2 heterocycles. The zero-order valence-corrected chi connectivity index (χ0v) is 11.9. The molecule has 0 aliphatic heterocycles. The molecule has 2 rings (SSSR count). The van der Waals surface area contributed by atoms with Gasteiger partial charge in [0, 0.05) is 41.5 Å². The first-order valence-corrected chi connectivity index (χ1v) is 6.61. The van der Waals surface area contributed by atoms with Crippen LogP contribution in [0.3, 0.4) is 0 Å². The van der Waals surface area contributed by atoms with Crippen molar-refractivity contribution >= 4 is 0 Å². The maximum absolute atomic E-state index is 4.62. The van der Waals surface area contributed by atoms with Gasteiger partial charge in [-0.3, -0.25) is 4.98 Å². The third-order valence-corrected chi connectivity index (χ3v) is 3.27. The summed E-state index contributed by atoms with van der Waals surface area (Å²) in [7, 11) is 0. The second-order valence-corrected chi connectivity index (χ2v) is 4.70. The van der Waals surface area contributed by atoms with Crippen LogP contribution < -0.4 is 5.32 Å². The molecule has 0 radical (unpaired) electrons. The van der Waals surface area contributed by atoms with E-state index in [2.05, 4.69) is 34.1 Å². The van der Waals surface area contributed by atoms with E-state index < -0.39 is 0 Å². The second-order valence-electron chi connectivity index (χ2n) is 4.70. The lowest BCUT2D eigenvalue weighted by Crippen LogP contribution is -2.19. The lowest BCUT2D eigenvalue weighted by molar-refractivity contribution is 0.590. The number of nitrogens with one attached hydrogen (secondary N) is 1. The summed E-state index contributed by atoms with van der Waals surface area (Å²) in [6, 6.07) is 2.25. The molecule has 0 fully saturated rings. The molecule has 19 heavy (non-hydrogen) atoms. The molecule has 0 bridgehead atoms. The van der Waals surface area contributed by atoms with E-state index in [-0.39, 0.29) is 6.04 Å². The molecule has 1 unspecified atom stereocenters. The van der Waals surface area contributed by atoms with E-state index >= 15 is 0 Å². The molecule has 1 N–H and O–H groups in total. The first-order chi connectivity index (χ1) is 9.13. The van der Waals surface area contributed by atoms with Crippen molar-refractivity contribution in [3.8, 4) is 11.4 Å². The van der Waals surface area contributed by atoms with Gasteiger partial charge in [0.25, 0.3) is 0 Å². The number of aryl methyl sites for hydroxylation is 2. The lowest BCUT2D eigenvalue weighted by Gasteiger charge is -2.15. The predicted octanol–water partition coefficient (Wildman–Crippen LogP) is 2.83.